The molecule has 3 aromatic carbocycles. The number of methoxy groups -OCH3 is 3. The molecule has 0 radical (unpaired) electrons. The summed E-state index contributed by atoms with van der Waals surface area (Å²) in [5.41, 5.74) is 1.00. The molecule has 1 unspecified atom stereocenters. The van der Waals surface area contributed by atoms with Crippen LogP contribution in [0.4, 0.5) is 0 Å². The molecule has 0 saturated heterocycles. The first kappa shape index (κ1) is 19.4. The lowest BCUT2D eigenvalue weighted by atomic mass is 10.0. The van der Waals surface area contributed by atoms with E-state index in [0.717, 1.165) is 16.3 Å². The van der Waals surface area contributed by atoms with Gasteiger partial charge in [0.1, 0.15) is 5.75 Å². The van der Waals surface area contributed by atoms with Crippen LogP contribution in [0.5, 0.6) is 23.0 Å². The third-order valence-corrected chi connectivity index (χ3v) is 4.64. The van der Waals surface area contributed by atoms with Gasteiger partial charge in [0.05, 0.1) is 32.9 Å². The van der Waals surface area contributed by atoms with Crippen LogP contribution in [-0.4, -0.2) is 32.3 Å². The van der Waals surface area contributed by atoms with Gasteiger partial charge in [0, 0.05) is 0 Å². The zero-order valence-electron chi connectivity index (χ0n) is 16.3. The maximum atomic E-state index is 12.8. The summed E-state index contributed by atoms with van der Waals surface area (Å²) in [5.74, 6) is 1.07. The van der Waals surface area contributed by atoms with Gasteiger partial charge in [0.2, 0.25) is 5.75 Å². The molecule has 6 heteroatoms. The van der Waals surface area contributed by atoms with Crippen molar-refractivity contribution in [2.75, 3.05) is 21.3 Å². The zero-order chi connectivity index (χ0) is 20.3. The van der Waals surface area contributed by atoms with Gasteiger partial charge in [-0.1, -0.05) is 24.3 Å². The molecule has 2 N–H and O–H groups in total. The van der Waals surface area contributed by atoms with Gasteiger partial charge in [-0.15, -0.1) is 0 Å². The molecule has 3 aromatic rings. The summed E-state index contributed by atoms with van der Waals surface area (Å²) in [6, 6.07) is 14.0. The van der Waals surface area contributed by atoms with Crippen molar-refractivity contribution in [1.82, 2.24) is 5.32 Å². The van der Waals surface area contributed by atoms with Gasteiger partial charge in [0.15, 0.2) is 11.5 Å². The Morgan fingerprint density at radius 1 is 0.929 bits per heavy atom. The largest absolute Gasteiger partial charge is 0.507 e. The first-order valence-corrected chi connectivity index (χ1v) is 8.81. The van der Waals surface area contributed by atoms with E-state index >= 15 is 0 Å². The number of rotatable bonds is 6. The van der Waals surface area contributed by atoms with Gasteiger partial charge in [-0.3, -0.25) is 4.79 Å². The number of ether oxygens (including phenoxy) is 3. The molecular weight excluding hydrogens is 358 g/mol. The highest BCUT2D eigenvalue weighted by molar-refractivity contribution is 6.01. The second-order valence-electron chi connectivity index (χ2n) is 6.37. The molecule has 3 rings (SSSR count). The molecule has 0 heterocycles. The van der Waals surface area contributed by atoms with Crippen molar-refractivity contribution < 1.29 is 24.1 Å². The fourth-order valence-electron chi connectivity index (χ4n) is 3.12. The Labute approximate surface area is 163 Å². The predicted octanol–water partition coefficient (Wildman–Crippen LogP) is 4.06. The maximum Gasteiger partial charge on any atom is 0.255 e. The maximum absolute atomic E-state index is 12.8. The highest BCUT2D eigenvalue weighted by atomic mass is 16.5. The van der Waals surface area contributed by atoms with Crippen molar-refractivity contribution in [3.63, 3.8) is 0 Å². The van der Waals surface area contributed by atoms with Crippen LogP contribution in [0.2, 0.25) is 0 Å². The standard InChI is InChI=1S/C22H23NO5/c1-13(16-11-19(26-2)21(28-4)20(12-16)27-3)23-22(25)17-9-14-7-5-6-8-15(14)10-18(17)24/h5-13,24H,1-4H3,(H,23,25). The molecule has 0 aliphatic rings. The van der Waals surface area contributed by atoms with Crippen LogP contribution in [0.1, 0.15) is 28.9 Å². The number of hydrogen-bond donors (Lipinski definition) is 2. The summed E-state index contributed by atoms with van der Waals surface area (Å²) in [4.78, 5) is 12.8. The summed E-state index contributed by atoms with van der Waals surface area (Å²) >= 11 is 0. The fourth-order valence-corrected chi connectivity index (χ4v) is 3.12. The van der Waals surface area contributed by atoms with E-state index in [1.807, 2.05) is 31.2 Å². The molecule has 1 atom stereocenters. The summed E-state index contributed by atoms with van der Waals surface area (Å²) in [6.45, 7) is 1.84. The van der Waals surface area contributed by atoms with Crippen LogP contribution in [0.3, 0.4) is 0 Å². The van der Waals surface area contributed by atoms with E-state index in [1.165, 1.54) is 21.3 Å². The van der Waals surface area contributed by atoms with Crippen molar-refractivity contribution >= 4 is 16.7 Å². The van der Waals surface area contributed by atoms with Gasteiger partial charge in [-0.25, -0.2) is 0 Å². The van der Waals surface area contributed by atoms with Crippen LogP contribution in [-0.2, 0) is 0 Å². The first-order chi connectivity index (χ1) is 13.5. The lowest BCUT2D eigenvalue weighted by Crippen LogP contribution is -2.26. The third kappa shape index (κ3) is 3.67. The molecule has 1 amide bonds. The third-order valence-electron chi connectivity index (χ3n) is 4.64. The smallest absolute Gasteiger partial charge is 0.255 e. The van der Waals surface area contributed by atoms with Crippen LogP contribution >= 0.6 is 0 Å². The van der Waals surface area contributed by atoms with Crippen molar-refractivity contribution in [2.45, 2.75) is 13.0 Å². The lowest BCUT2D eigenvalue weighted by molar-refractivity contribution is 0.0937. The molecule has 0 spiro atoms. The topological polar surface area (TPSA) is 77.0 Å². The number of amides is 1. The molecule has 0 fully saturated rings. The van der Waals surface area contributed by atoms with E-state index in [1.54, 1.807) is 24.3 Å². The normalized spacial score (nSPS) is 11.7. The van der Waals surface area contributed by atoms with Crippen LogP contribution in [0.15, 0.2) is 48.5 Å². The quantitative estimate of drug-likeness (QED) is 0.673. The number of aromatic hydroxyl groups is 1. The number of phenols is 1. The van der Waals surface area contributed by atoms with Crippen molar-refractivity contribution in [2.24, 2.45) is 0 Å². The number of fused-ring (bicyclic) bond motifs is 1. The van der Waals surface area contributed by atoms with E-state index in [4.69, 9.17) is 14.2 Å². The van der Waals surface area contributed by atoms with Gasteiger partial charge in [-0.05, 0) is 47.5 Å². The predicted molar refractivity (Wildman–Crippen MR) is 108 cm³/mol. The summed E-state index contributed by atoms with van der Waals surface area (Å²) in [7, 11) is 4.61. The number of benzene rings is 3. The SMILES string of the molecule is COc1cc(C(C)NC(=O)c2cc3ccccc3cc2O)cc(OC)c1OC. The minimum Gasteiger partial charge on any atom is -0.507 e. The van der Waals surface area contributed by atoms with Gasteiger partial charge in [0.25, 0.3) is 5.91 Å². The molecule has 28 heavy (non-hydrogen) atoms. The summed E-state index contributed by atoms with van der Waals surface area (Å²) in [5, 5.41) is 14.9. The Morgan fingerprint density at radius 3 is 2.04 bits per heavy atom. The first-order valence-electron chi connectivity index (χ1n) is 8.81. The Bertz CT molecular complexity index is 990. The second kappa shape index (κ2) is 8.08. The van der Waals surface area contributed by atoms with E-state index in [-0.39, 0.29) is 23.3 Å². The van der Waals surface area contributed by atoms with E-state index < -0.39 is 0 Å². The molecule has 0 saturated carbocycles. The number of phenolic OH excluding ortho intramolecular Hbond substituents is 1. The lowest BCUT2D eigenvalue weighted by Gasteiger charge is -2.19. The monoisotopic (exact) mass is 381 g/mol. The minimum absolute atomic E-state index is 0.0618. The molecule has 6 nitrogen and oxygen atoms in total. The Hall–Kier alpha value is -3.41. The van der Waals surface area contributed by atoms with Gasteiger partial charge >= 0.3 is 0 Å². The molecule has 146 valence electrons. The Balaban J connectivity index is 1.89. The van der Waals surface area contributed by atoms with Crippen LogP contribution < -0.4 is 19.5 Å². The number of carbonyl (C=O) groups excluding carboxylic acids is 1. The average molecular weight is 381 g/mol. The molecule has 0 aromatic heterocycles. The van der Waals surface area contributed by atoms with Crippen LogP contribution in [0, 0.1) is 0 Å². The zero-order valence-corrected chi connectivity index (χ0v) is 16.3. The second-order valence-corrected chi connectivity index (χ2v) is 6.37. The van der Waals surface area contributed by atoms with Crippen molar-refractivity contribution in [3.8, 4) is 23.0 Å². The Morgan fingerprint density at radius 2 is 1.50 bits per heavy atom. The molecule has 0 bridgehead atoms. The number of carbonyl (C=O) groups is 1. The number of nitrogens with one attached hydrogen (secondary N) is 1. The van der Waals surface area contributed by atoms with Crippen LogP contribution in [0.25, 0.3) is 10.8 Å². The Kier molecular flexibility index (Phi) is 5.59. The van der Waals surface area contributed by atoms with E-state index in [0.29, 0.717) is 17.2 Å². The highest BCUT2D eigenvalue weighted by Gasteiger charge is 2.19. The molecular formula is C22H23NO5. The molecule has 0 aliphatic carbocycles. The highest BCUT2D eigenvalue weighted by Crippen LogP contribution is 2.39. The van der Waals surface area contributed by atoms with Gasteiger partial charge in [-0.2, -0.15) is 0 Å². The summed E-state index contributed by atoms with van der Waals surface area (Å²) < 4.78 is 16.1. The summed E-state index contributed by atoms with van der Waals surface area (Å²) in [6.07, 6.45) is 0. The average Bonchev–Trinajstić information content (AvgIpc) is 2.71. The minimum atomic E-state index is -0.371. The number of hydrogen-bond acceptors (Lipinski definition) is 5. The van der Waals surface area contributed by atoms with Crippen molar-refractivity contribution in [3.05, 3.63) is 59.7 Å². The van der Waals surface area contributed by atoms with Gasteiger partial charge < -0.3 is 24.6 Å². The fraction of sp³-hybridized carbons (Fsp3) is 0.227. The van der Waals surface area contributed by atoms with E-state index in [2.05, 4.69) is 5.32 Å². The van der Waals surface area contributed by atoms with E-state index in [9.17, 15) is 9.90 Å². The molecule has 0 aliphatic heterocycles. The van der Waals surface area contributed by atoms with Crippen molar-refractivity contribution in [1.29, 1.82) is 0 Å².